The zero-order valence-corrected chi connectivity index (χ0v) is 15.9. The van der Waals surface area contributed by atoms with E-state index in [-0.39, 0.29) is 5.91 Å². The molecule has 0 saturated heterocycles. The number of amides is 1. The van der Waals surface area contributed by atoms with Crippen LogP contribution in [0.2, 0.25) is 0 Å². The average molecular weight is 359 g/mol. The number of hydrogen-bond acceptors (Lipinski definition) is 5. The molecule has 1 aliphatic rings. The molecule has 25 heavy (non-hydrogen) atoms. The SMILES string of the molecule is CCN(C(C)=O)c1nc(CN2CCc3cccc(OC)c3CC2)cs1. The first-order chi connectivity index (χ1) is 12.1. The smallest absolute Gasteiger partial charge is 0.225 e. The molecular formula is C19H25N3O2S. The number of anilines is 1. The third-order valence-electron chi connectivity index (χ3n) is 4.68. The summed E-state index contributed by atoms with van der Waals surface area (Å²) in [6.07, 6.45) is 2.02. The zero-order valence-electron chi connectivity index (χ0n) is 15.1. The first kappa shape index (κ1) is 17.9. The molecule has 0 radical (unpaired) electrons. The van der Waals surface area contributed by atoms with Crippen LogP contribution in [0.5, 0.6) is 5.75 Å². The number of aromatic nitrogens is 1. The van der Waals surface area contributed by atoms with Crippen LogP contribution < -0.4 is 9.64 Å². The van der Waals surface area contributed by atoms with Gasteiger partial charge in [0.1, 0.15) is 5.75 Å². The van der Waals surface area contributed by atoms with E-state index in [4.69, 9.17) is 4.74 Å². The molecule has 1 aromatic carbocycles. The first-order valence-corrected chi connectivity index (χ1v) is 9.60. The molecule has 0 atom stereocenters. The van der Waals surface area contributed by atoms with E-state index in [9.17, 15) is 4.79 Å². The fraction of sp³-hybridized carbons (Fsp3) is 0.474. The van der Waals surface area contributed by atoms with Crippen LogP contribution in [0, 0.1) is 0 Å². The summed E-state index contributed by atoms with van der Waals surface area (Å²) in [7, 11) is 1.74. The van der Waals surface area contributed by atoms with E-state index in [1.54, 1.807) is 30.3 Å². The van der Waals surface area contributed by atoms with Crippen LogP contribution in [0.1, 0.15) is 30.7 Å². The van der Waals surface area contributed by atoms with Gasteiger partial charge in [0.25, 0.3) is 0 Å². The largest absolute Gasteiger partial charge is 0.496 e. The Labute approximate surface area is 153 Å². The molecule has 5 nitrogen and oxygen atoms in total. The molecule has 6 heteroatoms. The van der Waals surface area contributed by atoms with Crippen LogP contribution in [0.4, 0.5) is 5.13 Å². The standard InChI is InChI=1S/C19H25N3O2S/c1-4-22(14(2)23)19-20-16(13-25-19)12-21-10-8-15-6-5-7-18(24-3)17(15)9-11-21/h5-7,13H,4,8-12H2,1-3H3. The second-order valence-electron chi connectivity index (χ2n) is 6.26. The van der Waals surface area contributed by atoms with Crippen molar-refractivity contribution in [3.8, 4) is 5.75 Å². The summed E-state index contributed by atoms with van der Waals surface area (Å²) < 4.78 is 5.52. The van der Waals surface area contributed by atoms with Crippen LogP contribution in [0.3, 0.4) is 0 Å². The van der Waals surface area contributed by atoms with Gasteiger partial charge in [-0.2, -0.15) is 0 Å². The molecule has 0 fully saturated rings. The zero-order chi connectivity index (χ0) is 17.8. The number of fused-ring (bicyclic) bond motifs is 1. The molecule has 0 aliphatic carbocycles. The molecule has 0 N–H and O–H groups in total. The van der Waals surface area contributed by atoms with Crippen LogP contribution in [0.25, 0.3) is 0 Å². The maximum Gasteiger partial charge on any atom is 0.225 e. The highest BCUT2D eigenvalue weighted by Crippen LogP contribution is 2.27. The molecular weight excluding hydrogens is 334 g/mol. The Morgan fingerprint density at radius 3 is 2.88 bits per heavy atom. The van der Waals surface area contributed by atoms with Gasteiger partial charge in [-0.25, -0.2) is 4.98 Å². The van der Waals surface area contributed by atoms with Gasteiger partial charge in [-0.15, -0.1) is 11.3 Å². The first-order valence-electron chi connectivity index (χ1n) is 8.72. The minimum absolute atomic E-state index is 0.0423. The van der Waals surface area contributed by atoms with E-state index >= 15 is 0 Å². The van der Waals surface area contributed by atoms with Crippen molar-refractivity contribution in [1.29, 1.82) is 0 Å². The van der Waals surface area contributed by atoms with Gasteiger partial charge >= 0.3 is 0 Å². The number of carbonyl (C=O) groups excluding carboxylic acids is 1. The number of rotatable bonds is 5. The normalized spacial score (nSPS) is 14.7. The number of thiazole rings is 1. The molecule has 2 aromatic rings. The molecule has 1 amide bonds. The topological polar surface area (TPSA) is 45.7 Å². The van der Waals surface area contributed by atoms with Crippen molar-refractivity contribution in [1.82, 2.24) is 9.88 Å². The Kier molecular flexibility index (Phi) is 5.71. The van der Waals surface area contributed by atoms with Gasteiger partial charge in [0.15, 0.2) is 5.13 Å². The summed E-state index contributed by atoms with van der Waals surface area (Å²) in [6.45, 7) is 7.04. The number of carbonyl (C=O) groups is 1. The summed E-state index contributed by atoms with van der Waals surface area (Å²) in [5, 5.41) is 2.87. The summed E-state index contributed by atoms with van der Waals surface area (Å²) in [4.78, 5) is 20.5. The molecule has 1 aromatic heterocycles. The van der Waals surface area contributed by atoms with Crippen LogP contribution in [-0.2, 0) is 24.2 Å². The monoisotopic (exact) mass is 359 g/mol. The Balaban J connectivity index is 1.67. The lowest BCUT2D eigenvalue weighted by Gasteiger charge is -2.18. The van der Waals surface area contributed by atoms with Crippen molar-refractivity contribution in [2.24, 2.45) is 0 Å². The van der Waals surface area contributed by atoms with Gasteiger partial charge in [0, 0.05) is 38.5 Å². The number of nitrogens with zero attached hydrogens (tertiary/aromatic N) is 3. The van der Waals surface area contributed by atoms with Gasteiger partial charge in [0.2, 0.25) is 5.91 Å². The molecule has 1 aliphatic heterocycles. The van der Waals surface area contributed by atoms with Gasteiger partial charge in [-0.05, 0) is 37.0 Å². The average Bonchev–Trinajstić information content (AvgIpc) is 2.95. The third-order valence-corrected chi connectivity index (χ3v) is 5.59. The highest BCUT2D eigenvalue weighted by atomic mass is 32.1. The third kappa shape index (κ3) is 4.02. The molecule has 134 valence electrons. The minimum atomic E-state index is 0.0423. The van der Waals surface area contributed by atoms with Crippen molar-refractivity contribution < 1.29 is 9.53 Å². The number of benzene rings is 1. The van der Waals surface area contributed by atoms with Crippen LogP contribution in [0.15, 0.2) is 23.6 Å². The lowest BCUT2D eigenvalue weighted by atomic mass is 10.0. The molecule has 3 rings (SSSR count). The summed E-state index contributed by atoms with van der Waals surface area (Å²) >= 11 is 1.55. The molecule has 0 unspecified atom stereocenters. The fourth-order valence-corrected chi connectivity index (χ4v) is 4.28. The maximum absolute atomic E-state index is 11.7. The number of ether oxygens (including phenoxy) is 1. The molecule has 2 heterocycles. The quantitative estimate of drug-likeness (QED) is 0.823. The number of methoxy groups -OCH3 is 1. The highest BCUT2D eigenvalue weighted by Gasteiger charge is 2.19. The van der Waals surface area contributed by atoms with E-state index in [1.165, 1.54) is 11.1 Å². The Morgan fingerprint density at radius 1 is 1.36 bits per heavy atom. The molecule has 0 saturated carbocycles. The van der Waals surface area contributed by atoms with Crippen molar-refractivity contribution in [2.75, 3.05) is 31.6 Å². The van der Waals surface area contributed by atoms with Gasteiger partial charge in [-0.1, -0.05) is 12.1 Å². The summed E-state index contributed by atoms with van der Waals surface area (Å²) in [6, 6.07) is 6.32. The van der Waals surface area contributed by atoms with Crippen molar-refractivity contribution in [3.05, 3.63) is 40.4 Å². The van der Waals surface area contributed by atoms with Crippen molar-refractivity contribution in [2.45, 2.75) is 33.2 Å². The van der Waals surface area contributed by atoms with Gasteiger partial charge in [-0.3, -0.25) is 14.6 Å². The molecule has 0 bridgehead atoms. The maximum atomic E-state index is 11.7. The minimum Gasteiger partial charge on any atom is -0.496 e. The van der Waals surface area contributed by atoms with E-state index in [0.29, 0.717) is 6.54 Å². The summed E-state index contributed by atoms with van der Waals surface area (Å²) in [5.74, 6) is 1.04. The fourth-order valence-electron chi connectivity index (χ4n) is 3.35. The lowest BCUT2D eigenvalue weighted by Crippen LogP contribution is -2.28. The predicted molar refractivity (Wildman–Crippen MR) is 101 cm³/mol. The second kappa shape index (κ2) is 7.97. The van der Waals surface area contributed by atoms with Crippen molar-refractivity contribution >= 4 is 22.4 Å². The predicted octanol–water partition coefficient (Wildman–Crippen LogP) is 3.13. The Bertz CT molecular complexity index is 744. The lowest BCUT2D eigenvalue weighted by molar-refractivity contribution is -0.116. The Morgan fingerprint density at radius 2 is 2.16 bits per heavy atom. The highest BCUT2D eigenvalue weighted by molar-refractivity contribution is 7.14. The van der Waals surface area contributed by atoms with E-state index in [2.05, 4.69) is 27.4 Å². The summed E-state index contributed by atoms with van der Waals surface area (Å²) in [5.41, 5.74) is 3.76. The van der Waals surface area contributed by atoms with Gasteiger partial charge in [0.05, 0.1) is 12.8 Å². The molecule has 0 spiro atoms. The van der Waals surface area contributed by atoms with E-state index in [0.717, 1.165) is 49.1 Å². The second-order valence-corrected chi connectivity index (χ2v) is 7.10. The van der Waals surface area contributed by atoms with E-state index in [1.807, 2.05) is 13.0 Å². The number of hydrogen-bond donors (Lipinski definition) is 0. The van der Waals surface area contributed by atoms with E-state index < -0.39 is 0 Å². The Hall–Kier alpha value is -1.92. The van der Waals surface area contributed by atoms with Gasteiger partial charge < -0.3 is 4.74 Å². The van der Waals surface area contributed by atoms with Crippen LogP contribution >= 0.6 is 11.3 Å². The van der Waals surface area contributed by atoms with Crippen LogP contribution in [-0.4, -0.2) is 42.5 Å². The van der Waals surface area contributed by atoms with Crippen molar-refractivity contribution in [3.63, 3.8) is 0 Å².